The fourth-order valence-corrected chi connectivity index (χ4v) is 2.06. The van der Waals surface area contributed by atoms with Gasteiger partial charge >= 0.3 is 31.5 Å². The van der Waals surface area contributed by atoms with Gasteiger partial charge in [-0.3, -0.25) is 0 Å². The number of carbonyl (C=O) groups excluding carboxylic acids is 2. The molecule has 0 N–H and O–H groups in total. The number of halogens is 4. The van der Waals surface area contributed by atoms with E-state index in [1.807, 2.05) is 28.2 Å². The van der Waals surface area contributed by atoms with Gasteiger partial charge in [0.2, 0.25) is 0 Å². The Morgan fingerprint density at radius 2 is 0.800 bits per heavy atom. The summed E-state index contributed by atoms with van der Waals surface area (Å²) in [5.41, 5.74) is 0. The van der Waals surface area contributed by atoms with E-state index in [0.717, 1.165) is 39.0 Å². The summed E-state index contributed by atoms with van der Waals surface area (Å²) in [7, 11) is 7.33. The molecule has 2 rings (SSSR count). The monoisotopic (exact) mass is 422 g/mol. The van der Waals surface area contributed by atoms with Crippen molar-refractivity contribution in [2.24, 2.45) is 0 Å². The van der Waals surface area contributed by atoms with Crippen LogP contribution in [0.2, 0.25) is 0 Å². The van der Waals surface area contributed by atoms with Crippen LogP contribution in [0.4, 0.5) is 27.2 Å². The first kappa shape index (κ1) is 28.7. The van der Waals surface area contributed by atoms with E-state index < -0.39 is 13.9 Å². The molecule has 0 spiro atoms. The maximum Gasteiger partial charge on any atom is 2.00 e. The van der Waals surface area contributed by atoms with E-state index in [1.54, 1.807) is 19.6 Å². The number of urea groups is 2. The van der Waals surface area contributed by atoms with Crippen molar-refractivity contribution >= 4 is 12.1 Å². The molecule has 2 fully saturated rings. The molecule has 6 nitrogen and oxygen atoms in total. The third-order valence-corrected chi connectivity index (χ3v) is 3.28. The molecule has 0 aromatic heterocycles. The van der Waals surface area contributed by atoms with Crippen LogP contribution in [0, 0.1) is 13.9 Å². The van der Waals surface area contributed by atoms with E-state index in [4.69, 9.17) is 0 Å². The van der Waals surface area contributed by atoms with E-state index in [-0.39, 0.29) is 31.5 Å². The molecule has 4 amide bonds. The average Bonchev–Trinajstić information content (AvgIpc) is 2.52. The van der Waals surface area contributed by atoms with E-state index in [1.165, 1.54) is 0 Å². The average molecular weight is 424 g/mol. The standard InChI is InChI=1S/2C6H12N2O.2CHF2.Zn/c2*1-7-4-3-5-8(2)6(7)9;2*2-1-3;/h2*3-5H2,1-2H3;2*1H;/q;;2*-1;+2. The van der Waals surface area contributed by atoms with Crippen LogP contribution in [-0.4, -0.2) is 86.0 Å². The second-order valence-corrected chi connectivity index (χ2v) is 5.12. The smallest absolute Gasteiger partial charge is 0.425 e. The largest absolute Gasteiger partial charge is 2.00 e. The Morgan fingerprint density at radius 3 is 0.920 bits per heavy atom. The molecule has 0 radical (unpaired) electrons. The molecular formula is C14H26F4N4O2Zn. The van der Waals surface area contributed by atoms with Gasteiger partial charge in [-0.2, -0.15) is 0 Å². The van der Waals surface area contributed by atoms with Crippen LogP contribution in [0.1, 0.15) is 12.8 Å². The zero-order valence-corrected chi connectivity index (χ0v) is 18.2. The van der Waals surface area contributed by atoms with Gasteiger partial charge < -0.3 is 37.2 Å². The minimum atomic E-state index is -1.00. The fourth-order valence-electron chi connectivity index (χ4n) is 2.06. The molecule has 0 atom stereocenters. The molecule has 11 heteroatoms. The van der Waals surface area contributed by atoms with Crippen LogP contribution in [0.5, 0.6) is 0 Å². The number of amides is 4. The molecular weight excluding hydrogens is 398 g/mol. The van der Waals surface area contributed by atoms with Crippen LogP contribution in [0.3, 0.4) is 0 Å². The maximum absolute atomic E-state index is 11.0. The Labute approximate surface area is 159 Å². The van der Waals surface area contributed by atoms with Gasteiger partial charge in [-0.25, -0.2) is 9.59 Å². The summed E-state index contributed by atoms with van der Waals surface area (Å²) < 4.78 is 38.0. The minimum Gasteiger partial charge on any atom is -0.425 e. The number of nitrogens with zero attached hydrogens (tertiary/aromatic N) is 4. The normalized spacial score (nSPS) is 16.5. The van der Waals surface area contributed by atoms with Crippen molar-refractivity contribution < 1.29 is 46.6 Å². The Balaban J connectivity index is -0.000000287. The van der Waals surface area contributed by atoms with Gasteiger partial charge in [-0.05, 0) is 26.7 Å². The van der Waals surface area contributed by atoms with Gasteiger partial charge in [0.1, 0.15) is 0 Å². The molecule has 0 aromatic rings. The first-order valence-electron chi connectivity index (χ1n) is 7.23. The van der Waals surface area contributed by atoms with Crippen molar-refractivity contribution in [3.63, 3.8) is 0 Å². The summed E-state index contributed by atoms with van der Waals surface area (Å²) in [6, 6.07) is 0.280. The van der Waals surface area contributed by atoms with Crippen LogP contribution in [0.25, 0.3) is 0 Å². The fraction of sp³-hybridized carbons (Fsp3) is 0.714. The van der Waals surface area contributed by atoms with Crippen molar-refractivity contribution in [1.82, 2.24) is 19.6 Å². The van der Waals surface area contributed by atoms with Gasteiger partial charge in [0.15, 0.2) is 0 Å². The predicted octanol–water partition coefficient (Wildman–Crippen LogP) is 2.83. The first-order chi connectivity index (χ1) is 11.3. The molecule has 0 saturated carbocycles. The van der Waals surface area contributed by atoms with Crippen molar-refractivity contribution in [2.45, 2.75) is 12.8 Å². The number of hydrogen-bond acceptors (Lipinski definition) is 2. The molecule has 0 unspecified atom stereocenters. The Kier molecular flexibility index (Phi) is 20.3. The zero-order chi connectivity index (χ0) is 19.1. The number of hydrogen-bond donors (Lipinski definition) is 0. The maximum atomic E-state index is 11.0. The Morgan fingerprint density at radius 1 is 0.640 bits per heavy atom. The number of rotatable bonds is 0. The molecule has 2 heterocycles. The van der Waals surface area contributed by atoms with Gasteiger partial charge in [-0.1, -0.05) is 0 Å². The molecule has 25 heavy (non-hydrogen) atoms. The first-order valence-corrected chi connectivity index (χ1v) is 7.23. The third-order valence-electron chi connectivity index (χ3n) is 3.28. The van der Waals surface area contributed by atoms with Gasteiger partial charge in [0.05, 0.1) is 0 Å². The third kappa shape index (κ3) is 13.8. The van der Waals surface area contributed by atoms with E-state index in [9.17, 15) is 27.2 Å². The predicted molar refractivity (Wildman–Crippen MR) is 83.6 cm³/mol. The second-order valence-electron chi connectivity index (χ2n) is 5.12. The molecule has 0 aliphatic carbocycles. The van der Waals surface area contributed by atoms with Crippen LogP contribution in [0.15, 0.2) is 0 Å². The molecule has 0 aromatic carbocycles. The summed E-state index contributed by atoms with van der Waals surface area (Å²) in [5.74, 6) is 0. The summed E-state index contributed by atoms with van der Waals surface area (Å²) in [5, 5.41) is 0. The van der Waals surface area contributed by atoms with Crippen molar-refractivity contribution in [3.05, 3.63) is 13.9 Å². The van der Waals surface area contributed by atoms with Gasteiger partial charge in [0, 0.05) is 54.4 Å². The SMILES string of the molecule is CN1CCCN(C)C1=O.CN1CCCN(C)C1=O.F[CH-]F.F[CH-]F.[Zn+2]. The van der Waals surface area contributed by atoms with E-state index in [0.29, 0.717) is 0 Å². The Bertz CT molecular complexity index is 301. The van der Waals surface area contributed by atoms with Crippen LogP contribution < -0.4 is 0 Å². The van der Waals surface area contributed by atoms with Crippen LogP contribution in [-0.2, 0) is 19.5 Å². The quantitative estimate of drug-likeness (QED) is 0.342. The number of carbonyl (C=O) groups is 2. The van der Waals surface area contributed by atoms with Gasteiger partial charge in [0.25, 0.3) is 0 Å². The molecule has 144 valence electrons. The van der Waals surface area contributed by atoms with Crippen LogP contribution >= 0.6 is 0 Å². The molecule has 0 bridgehead atoms. The van der Waals surface area contributed by atoms with Gasteiger partial charge in [-0.15, -0.1) is 0 Å². The minimum absolute atomic E-state index is 0. The summed E-state index contributed by atoms with van der Waals surface area (Å²) >= 11 is 0. The second kappa shape index (κ2) is 17.7. The van der Waals surface area contributed by atoms with Crippen molar-refractivity contribution in [1.29, 1.82) is 0 Å². The molecule has 2 saturated heterocycles. The van der Waals surface area contributed by atoms with E-state index in [2.05, 4.69) is 0 Å². The summed E-state index contributed by atoms with van der Waals surface area (Å²) in [6.45, 7) is 1.62. The Hall–Kier alpha value is -1.12. The van der Waals surface area contributed by atoms with Crippen molar-refractivity contribution in [3.8, 4) is 0 Å². The zero-order valence-electron chi connectivity index (χ0n) is 15.2. The summed E-state index contributed by atoms with van der Waals surface area (Å²) in [6.07, 6.45) is 2.19. The van der Waals surface area contributed by atoms with Crippen molar-refractivity contribution in [2.75, 3.05) is 54.4 Å². The van der Waals surface area contributed by atoms with E-state index >= 15 is 0 Å². The summed E-state index contributed by atoms with van der Waals surface area (Å²) in [4.78, 5) is 28.9. The topological polar surface area (TPSA) is 47.1 Å². The molecule has 2 aliphatic heterocycles. The molecule has 2 aliphatic rings.